The fourth-order valence-electron chi connectivity index (χ4n) is 7.32. The van der Waals surface area contributed by atoms with E-state index in [2.05, 4.69) is 52.8 Å². The standard InChI is InChI=1S/C47H57F3N6O3/c1-6-53(7-2)42-22-15-39(16-23-42)34-51(4)27-28-52(5)46(59)44(33-38-11-9-8-10-12-38)56(45(58)26-19-37-13-20-41(21-14-37)47(48,49)50)35-40-17-24-43(25-18-40)55-31-29-54(30-32-55)36(3)57/h8-26,44H,6-7,27-35H2,1-5H3/b26-19+/t44-/m0/s1. The van der Waals surface area contributed by atoms with Crippen molar-refractivity contribution in [3.05, 3.63) is 137 Å². The molecule has 0 unspecified atom stereocenters. The van der Waals surface area contributed by atoms with E-state index in [-0.39, 0.29) is 24.8 Å². The van der Waals surface area contributed by atoms with Gasteiger partial charge in [0.05, 0.1) is 5.56 Å². The maximum Gasteiger partial charge on any atom is 0.416 e. The molecule has 0 bridgehead atoms. The van der Waals surface area contributed by atoms with Gasteiger partial charge in [-0.15, -0.1) is 0 Å². The summed E-state index contributed by atoms with van der Waals surface area (Å²) in [6.07, 6.45) is -1.40. The van der Waals surface area contributed by atoms with E-state index in [4.69, 9.17) is 0 Å². The predicted molar refractivity (Wildman–Crippen MR) is 230 cm³/mol. The molecule has 4 aromatic carbocycles. The minimum absolute atomic E-state index is 0.0612. The lowest BCUT2D eigenvalue weighted by molar-refractivity contribution is -0.143. The van der Waals surface area contributed by atoms with Gasteiger partial charge in [-0.1, -0.05) is 66.7 Å². The number of anilines is 2. The van der Waals surface area contributed by atoms with Crippen LogP contribution in [-0.2, 0) is 40.1 Å². The van der Waals surface area contributed by atoms with Crippen molar-refractivity contribution in [2.45, 2.75) is 52.5 Å². The van der Waals surface area contributed by atoms with Crippen LogP contribution in [0.4, 0.5) is 24.5 Å². The van der Waals surface area contributed by atoms with Gasteiger partial charge in [-0.25, -0.2) is 0 Å². The largest absolute Gasteiger partial charge is 0.416 e. The van der Waals surface area contributed by atoms with Gasteiger partial charge in [0.25, 0.3) is 0 Å². The molecule has 0 radical (unpaired) electrons. The van der Waals surface area contributed by atoms with Crippen molar-refractivity contribution in [2.75, 3.05) is 76.3 Å². The zero-order valence-corrected chi connectivity index (χ0v) is 34.9. The van der Waals surface area contributed by atoms with Gasteiger partial charge in [0.15, 0.2) is 0 Å². The van der Waals surface area contributed by atoms with Crippen LogP contribution < -0.4 is 9.80 Å². The third kappa shape index (κ3) is 12.7. The fourth-order valence-corrected chi connectivity index (χ4v) is 7.32. The number of hydrogen-bond acceptors (Lipinski definition) is 6. The van der Waals surface area contributed by atoms with Crippen LogP contribution in [0.1, 0.15) is 48.6 Å². The van der Waals surface area contributed by atoms with Crippen LogP contribution in [0.5, 0.6) is 0 Å². The van der Waals surface area contributed by atoms with Crippen LogP contribution in [0, 0.1) is 0 Å². The SMILES string of the molecule is CCN(CC)c1ccc(CN(C)CCN(C)C(=O)[C@H](Cc2ccccc2)N(Cc2ccc(N3CCN(C(C)=O)CC3)cc2)C(=O)/C=C/c2ccc(C(F)(F)F)cc2)cc1. The maximum absolute atomic E-state index is 14.6. The first-order chi connectivity index (χ1) is 28.2. The zero-order chi connectivity index (χ0) is 42.5. The van der Waals surface area contributed by atoms with Crippen molar-refractivity contribution < 1.29 is 27.6 Å². The first-order valence-electron chi connectivity index (χ1n) is 20.3. The van der Waals surface area contributed by atoms with E-state index in [1.165, 1.54) is 35.5 Å². The van der Waals surface area contributed by atoms with Crippen LogP contribution in [0.15, 0.2) is 109 Å². The molecule has 0 saturated carbocycles. The molecule has 59 heavy (non-hydrogen) atoms. The summed E-state index contributed by atoms with van der Waals surface area (Å²) in [6.45, 7) is 12.3. The molecule has 1 atom stereocenters. The maximum atomic E-state index is 14.6. The average Bonchev–Trinajstić information content (AvgIpc) is 3.24. The second kappa shape index (κ2) is 20.9. The molecular formula is C47H57F3N6O3. The van der Waals surface area contributed by atoms with Gasteiger partial charge in [-0.3, -0.25) is 14.4 Å². The van der Waals surface area contributed by atoms with Crippen molar-refractivity contribution in [1.82, 2.24) is 19.6 Å². The Labute approximate surface area is 347 Å². The first-order valence-corrected chi connectivity index (χ1v) is 20.3. The number of hydrogen-bond donors (Lipinski definition) is 0. The lowest BCUT2D eigenvalue weighted by Gasteiger charge is -2.36. The first kappa shape index (κ1) is 44.5. The Bertz CT molecular complexity index is 1980. The van der Waals surface area contributed by atoms with Crippen molar-refractivity contribution in [3.63, 3.8) is 0 Å². The predicted octanol–water partition coefficient (Wildman–Crippen LogP) is 7.46. The summed E-state index contributed by atoms with van der Waals surface area (Å²) >= 11 is 0. The summed E-state index contributed by atoms with van der Waals surface area (Å²) in [6, 6.07) is 29.7. The summed E-state index contributed by atoms with van der Waals surface area (Å²) in [5.74, 6) is -0.601. The van der Waals surface area contributed by atoms with Crippen molar-refractivity contribution in [2.24, 2.45) is 0 Å². The Morgan fingerprint density at radius 1 is 0.729 bits per heavy atom. The molecule has 1 aliphatic rings. The van der Waals surface area contributed by atoms with Crippen LogP contribution in [-0.4, -0.2) is 110 Å². The third-order valence-corrected chi connectivity index (χ3v) is 11.0. The number of piperazine rings is 1. The lowest BCUT2D eigenvalue weighted by atomic mass is 10.0. The third-order valence-electron chi connectivity index (χ3n) is 11.0. The van der Waals surface area contributed by atoms with Gasteiger partial charge >= 0.3 is 6.18 Å². The Balaban J connectivity index is 1.37. The van der Waals surface area contributed by atoms with E-state index in [0.717, 1.165) is 42.0 Å². The zero-order valence-electron chi connectivity index (χ0n) is 34.9. The number of benzene rings is 4. The molecule has 0 N–H and O–H groups in total. The summed E-state index contributed by atoms with van der Waals surface area (Å²) < 4.78 is 39.8. The molecule has 1 fully saturated rings. The lowest BCUT2D eigenvalue weighted by Crippen LogP contribution is -2.51. The van der Waals surface area contributed by atoms with E-state index >= 15 is 0 Å². The van der Waals surface area contributed by atoms with Gasteiger partial charge < -0.3 is 29.4 Å². The quantitative estimate of drug-likeness (QED) is 0.103. The molecule has 3 amide bonds. The summed E-state index contributed by atoms with van der Waals surface area (Å²) in [7, 11) is 3.78. The highest BCUT2D eigenvalue weighted by Crippen LogP contribution is 2.29. The van der Waals surface area contributed by atoms with Gasteiger partial charge in [0, 0.05) is 103 Å². The fraction of sp³-hybridized carbons (Fsp3) is 0.383. The Kier molecular flexibility index (Phi) is 15.7. The second-order valence-corrected chi connectivity index (χ2v) is 15.1. The summed E-state index contributed by atoms with van der Waals surface area (Å²) in [5, 5.41) is 0. The number of alkyl halides is 3. The second-order valence-electron chi connectivity index (χ2n) is 15.1. The number of rotatable bonds is 17. The molecule has 0 aromatic heterocycles. The molecule has 0 aliphatic carbocycles. The van der Waals surface area contributed by atoms with E-state index in [1.807, 2.05) is 66.5 Å². The van der Waals surface area contributed by atoms with Crippen LogP contribution in [0.3, 0.4) is 0 Å². The number of carbonyl (C=O) groups excluding carboxylic acids is 3. The van der Waals surface area contributed by atoms with Crippen molar-refractivity contribution in [3.8, 4) is 0 Å². The highest BCUT2D eigenvalue weighted by Gasteiger charge is 2.32. The van der Waals surface area contributed by atoms with Crippen molar-refractivity contribution in [1.29, 1.82) is 0 Å². The van der Waals surface area contributed by atoms with Gasteiger partial charge in [0.1, 0.15) is 6.04 Å². The number of likely N-dealkylation sites (N-methyl/N-ethyl adjacent to an activating group) is 2. The molecule has 314 valence electrons. The summed E-state index contributed by atoms with van der Waals surface area (Å²) in [4.78, 5) is 52.5. The number of carbonyl (C=O) groups is 3. The highest BCUT2D eigenvalue weighted by molar-refractivity contribution is 5.95. The van der Waals surface area contributed by atoms with E-state index < -0.39 is 23.7 Å². The van der Waals surface area contributed by atoms with E-state index in [9.17, 15) is 27.6 Å². The molecule has 1 aliphatic heterocycles. The Morgan fingerprint density at radius 2 is 1.32 bits per heavy atom. The number of nitrogens with zero attached hydrogens (tertiary/aromatic N) is 6. The molecule has 1 heterocycles. The number of halogens is 3. The molecular weight excluding hydrogens is 754 g/mol. The minimum atomic E-state index is -4.48. The molecule has 12 heteroatoms. The van der Waals surface area contributed by atoms with Crippen LogP contribution >= 0.6 is 0 Å². The molecule has 1 saturated heterocycles. The average molecular weight is 811 g/mol. The van der Waals surface area contributed by atoms with E-state index in [0.29, 0.717) is 51.4 Å². The van der Waals surface area contributed by atoms with E-state index in [1.54, 1.807) is 23.8 Å². The van der Waals surface area contributed by atoms with Crippen LogP contribution in [0.2, 0.25) is 0 Å². The minimum Gasteiger partial charge on any atom is -0.372 e. The van der Waals surface area contributed by atoms with Crippen LogP contribution in [0.25, 0.3) is 6.08 Å². The molecule has 9 nitrogen and oxygen atoms in total. The topological polar surface area (TPSA) is 70.7 Å². The van der Waals surface area contributed by atoms with Gasteiger partial charge in [-0.2, -0.15) is 13.2 Å². The van der Waals surface area contributed by atoms with Crippen molar-refractivity contribution >= 4 is 35.2 Å². The molecule has 4 aromatic rings. The Hall–Kier alpha value is -5.62. The highest BCUT2D eigenvalue weighted by atomic mass is 19.4. The smallest absolute Gasteiger partial charge is 0.372 e. The molecule has 0 spiro atoms. The normalized spacial score (nSPS) is 13.8. The van der Waals surface area contributed by atoms with Gasteiger partial charge in [-0.05, 0) is 85.6 Å². The molecule has 5 rings (SSSR count). The number of amides is 3. The monoisotopic (exact) mass is 810 g/mol. The Morgan fingerprint density at radius 3 is 1.90 bits per heavy atom. The van der Waals surface area contributed by atoms with Gasteiger partial charge in [0.2, 0.25) is 17.7 Å². The summed E-state index contributed by atoms with van der Waals surface area (Å²) in [5.41, 5.74) is 4.70.